The second kappa shape index (κ2) is 7.45. The van der Waals surface area contributed by atoms with Crippen molar-refractivity contribution >= 4 is 27.9 Å². The zero-order chi connectivity index (χ0) is 11.8. The number of ether oxygens (including phenoxy) is 2. The van der Waals surface area contributed by atoms with Crippen LogP contribution in [0.15, 0.2) is 12.7 Å². The minimum atomic E-state index is -0.984. The molecular weight excluding hydrogens is 264 g/mol. The molecule has 86 valence electrons. The third-order valence-corrected chi connectivity index (χ3v) is 2.53. The molecule has 0 fully saturated rings. The highest BCUT2D eigenvalue weighted by Crippen LogP contribution is 2.18. The van der Waals surface area contributed by atoms with Crippen molar-refractivity contribution in [1.29, 1.82) is 0 Å². The van der Waals surface area contributed by atoms with E-state index in [-0.39, 0.29) is 13.2 Å². The van der Waals surface area contributed by atoms with Gasteiger partial charge in [0.1, 0.15) is 0 Å². The Morgan fingerprint density at radius 3 is 1.93 bits per heavy atom. The van der Waals surface area contributed by atoms with E-state index >= 15 is 0 Å². The lowest BCUT2D eigenvalue weighted by Crippen LogP contribution is -2.34. The Kier molecular flexibility index (Phi) is 7.03. The zero-order valence-corrected chi connectivity index (χ0v) is 10.5. The molecule has 0 aliphatic carbocycles. The van der Waals surface area contributed by atoms with Crippen molar-refractivity contribution in [3.05, 3.63) is 12.7 Å². The lowest BCUT2D eigenvalue weighted by atomic mass is 10.1. The van der Waals surface area contributed by atoms with Crippen LogP contribution in [0.25, 0.3) is 0 Å². The maximum atomic E-state index is 11.5. The molecule has 15 heavy (non-hydrogen) atoms. The third-order valence-electron chi connectivity index (χ3n) is 1.62. The van der Waals surface area contributed by atoms with Gasteiger partial charge in [-0.05, 0) is 13.8 Å². The summed E-state index contributed by atoms with van der Waals surface area (Å²) in [6, 6.07) is 0. The Hall–Kier alpha value is -0.840. The van der Waals surface area contributed by atoms with Crippen LogP contribution in [0.3, 0.4) is 0 Å². The molecular formula is C10H15BrO4. The summed E-state index contributed by atoms with van der Waals surface area (Å²) in [5, 5.41) is 0. The minimum Gasteiger partial charge on any atom is -0.465 e. The molecule has 0 aromatic heterocycles. The molecule has 1 unspecified atom stereocenters. The first-order valence-corrected chi connectivity index (χ1v) is 5.59. The van der Waals surface area contributed by atoms with E-state index < -0.39 is 22.7 Å². The maximum absolute atomic E-state index is 11.5. The molecule has 0 aromatic carbocycles. The van der Waals surface area contributed by atoms with Crippen molar-refractivity contribution in [1.82, 2.24) is 0 Å². The van der Waals surface area contributed by atoms with Crippen molar-refractivity contribution in [2.45, 2.75) is 18.7 Å². The molecule has 0 bridgehead atoms. The number of carbonyl (C=O) groups excluding carboxylic acids is 2. The zero-order valence-electron chi connectivity index (χ0n) is 8.86. The predicted octanol–water partition coefficient (Wildman–Crippen LogP) is 1.68. The van der Waals surface area contributed by atoms with Gasteiger partial charge in [-0.2, -0.15) is 0 Å². The Bertz CT molecular complexity index is 222. The Morgan fingerprint density at radius 1 is 1.27 bits per heavy atom. The number of rotatable bonds is 6. The number of allylic oxidation sites excluding steroid dienone is 1. The Morgan fingerprint density at radius 2 is 1.67 bits per heavy atom. The number of hydrogen-bond donors (Lipinski definition) is 0. The summed E-state index contributed by atoms with van der Waals surface area (Å²) in [6.45, 7) is 7.32. The summed E-state index contributed by atoms with van der Waals surface area (Å²) in [7, 11) is 0. The van der Waals surface area contributed by atoms with Crippen molar-refractivity contribution in [3.63, 3.8) is 0 Å². The SMILES string of the molecule is C=CC(Br)C(C(=O)OCC)C(=O)OCC. The van der Waals surface area contributed by atoms with Crippen LogP contribution in [-0.2, 0) is 19.1 Å². The summed E-state index contributed by atoms with van der Waals surface area (Å²) in [5.74, 6) is -2.18. The van der Waals surface area contributed by atoms with Crippen molar-refractivity contribution in [2.75, 3.05) is 13.2 Å². The number of hydrogen-bond acceptors (Lipinski definition) is 4. The van der Waals surface area contributed by atoms with Gasteiger partial charge in [-0.1, -0.05) is 22.0 Å². The van der Waals surface area contributed by atoms with E-state index in [2.05, 4.69) is 22.5 Å². The summed E-state index contributed by atoms with van der Waals surface area (Å²) in [5.41, 5.74) is 0. The van der Waals surface area contributed by atoms with Crippen molar-refractivity contribution in [3.8, 4) is 0 Å². The van der Waals surface area contributed by atoms with E-state index in [0.29, 0.717) is 0 Å². The van der Waals surface area contributed by atoms with Gasteiger partial charge in [0, 0.05) is 0 Å². The molecule has 0 aliphatic rings. The highest BCUT2D eigenvalue weighted by molar-refractivity contribution is 9.09. The van der Waals surface area contributed by atoms with Crippen LogP contribution in [0.2, 0.25) is 0 Å². The molecule has 0 heterocycles. The van der Waals surface area contributed by atoms with Gasteiger partial charge in [0.2, 0.25) is 0 Å². The molecule has 0 rings (SSSR count). The number of halogens is 1. The van der Waals surface area contributed by atoms with Crippen molar-refractivity contribution in [2.24, 2.45) is 5.92 Å². The quantitative estimate of drug-likeness (QED) is 0.321. The second-order valence-corrected chi connectivity index (χ2v) is 3.72. The largest absolute Gasteiger partial charge is 0.465 e. The average molecular weight is 279 g/mol. The van der Waals surface area contributed by atoms with E-state index in [9.17, 15) is 9.59 Å². The van der Waals surface area contributed by atoms with Gasteiger partial charge in [-0.15, -0.1) is 6.58 Å². The molecule has 0 aliphatic heterocycles. The molecule has 0 saturated heterocycles. The Balaban J connectivity index is 4.63. The van der Waals surface area contributed by atoms with Gasteiger partial charge >= 0.3 is 11.9 Å². The standard InChI is InChI=1S/C10H15BrO4/c1-4-7(11)8(9(12)14-5-2)10(13)15-6-3/h4,7-8H,1,5-6H2,2-3H3. The molecule has 0 saturated carbocycles. The fourth-order valence-electron chi connectivity index (χ4n) is 0.956. The predicted molar refractivity (Wildman–Crippen MR) is 59.7 cm³/mol. The molecule has 4 nitrogen and oxygen atoms in total. The minimum absolute atomic E-state index is 0.228. The van der Waals surface area contributed by atoms with Crippen LogP contribution in [-0.4, -0.2) is 30.0 Å². The smallest absolute Gasteiger partial charge is 0.321 e. The van der Waals surface area contributed by atoms with Crippen LogP contribution >= 0.6 is 15.9 Å². The summed E-state index contributed by atoms with van der Waals surface area (Å²) in [4.78, 5) is 22.4. The molecule has 0 N–H and O–H groups in total. The fraction of sp³-hybridized carbons (Fsp3) is 0.600. The van der Waals surface area contributed by atoms with Gasteiger partial charge in [0.05, 0.1) is 18.0 Å². The van der Waals surface area contributed by atoms with Crippen LogP contribution in [0.5, 0.6) is 0 Å². The number of alkyl halides is 1. The summed E-state index contributed by atoms with van der Waals surface area (Å²) in [6.07, 6.45) is 1.46. The van der Waals surface area contributed by atoms with E-state index in [0.717, 1.165) is 0 Å². The van der Waals surface area contributed by atoms with E-state index in [1.807, 2.05) is 0 Å². The summed E-state index contributed by atoms with van der Waals surface area (Å²) >= 11 is 3.16. The van der Waals surface area contributed by atoms with Gasteiger partial charge in [-0.3, -0.25) is 9.59 Å². The lowest BCUT2D eigenvalue weighted by Gasteiger charge is -2.16. The van der Waals surface area contributed by atoms with Gasteiger partial charge in [0.15, 0.2) is 5.92 Å². The van der Waals surface area contributed by atoms with Gasteiger partial charge in [-0.25, -0.2) is 0 Å². The van der Waals surface area contributed by atoms with E-state index in [1.165, 1.54) is 6.08 Å². The third kappa shape index (κ3) is 4.46. The molecule has 0 spiro atoms. The molecule has 0 aromatic rings. The van der Waals surface area contributed by atoms with Crippen molar-refractivity contribution < 1.29 is 19.1 Å². The monoisotopic (exact) mass is 278 g/mol. The van der Waals surface area contributed by atoms with Crippen LogP contribution in [0.4, 0.5) is 0 Å². The van der Waals surface area contributed by atoms with Gasteiger partial charge in [0.25, 0.3) is 0 Å². The average Bonchev–Trinajstić information content (AvgIpc) is 2.18. The number of carbonyl (C=O) groups is 2. The first-order valence-electron chi connectivity index (χ1n) is 4.68. The second-order valence-electron chi connectivity index (χ2n) is 2.66. The maximum Gasteiger partial charge on any atom is 0.321 e. The lowest BCUT2D eigenvalue weighted by molar-refractivity contribution is -0.160. The first kappa shape index (κ1) is 14.2. The highest BCUT2D eigenvalue weighted by Gasteiger charge is 2.34. The fourth-order valence-corrected chi connectivity index (χ4v) is 1.39. The van der Waals surface area contributed by atoms with Gasteiger partial charge < -0.3 is 9.47 Å². The molecule has 0 radical (unpaired) electrons. The Labute approximate surface area is 97.8 Å². The number of esters is 2. The van der Waals surface area contributed by atoms with E-state index in [1.54, 1.807) is 13.8 Å². The topological polar surface area (TPSA) is 52.6 Å². The molecule has 1 atom stereocenters. The van der Waals surface area contributed by atoms with E-state index in [4.69, 9.17) is 9.47 Å². The first-order chi connectivity index (χ1) is 7.08. The van der Waals surface area contributed by atoms with Crippen LogP contribution in [0, 0.1) is 5.92 Å². The van der Waals surface area contributed by atoms with Crippen LogP contribution < -0.4 is 0 Å². The molecule has 5 heteroatoms. The normalized spacial score (nSPS) is 12.0. The summed E-state index contributed by atoms with van der Waals surface area (Å²) < 4.78 is 9.55. The highest BCUT2D eigenvalue weighted by atomic mass is 79.9. The van der Waals surface area contributed by atoms with Crippen LogP contribution in [0.1, 0.15) is 13.8 Å². The molecule has 0 amide bonds.